The molecular weight excluding hydrogens is 352 g/mol. The first kappa shape index (κ1) is 21.8. The minimum Gasteiger partial charge on any atom is -0.547 e. The number of rotatable bonds is 7. The molecular formula is C22H42O2Si2. The second-order valence-electron chi connectivity index (χ2n) is 9.66. The minimum atomic E-state index is -1.67. The van der Waals surface area contributed by atoms with Crippen molar-refractivity contribution < 1.29 is 8.85 Å². The normalized spacial score (nSPS) is 19.3. The first-order valence-electron chi connectivity index (χ1n) is 10.9. The molecule has 2 aliphatic carbocycles. The van der Waals surface area contributed by atoms with Gasteiger partial charge in [-0.1, -0.05) is 12.8 Å². The Morgan fingerprint density at radius 2 is 0.923 bits per heavy atom. The van der Waals surface area contributed by atoms with E-state index in [0.717, 1.165) is 0 Å². The molecule has 4 heteroatoms. The van der Waals surface area contributed by atoms with Crippen LogP contribution in [0.25, 0.3) is 0 Å². The Hall–Kier alpha value is -0.486. The molecule has 0 bridgehead atoms. The van der Waals surface area contributed by atoms with E-state index in [1.807, 2.05) is 0 Å². The molecule has 0 saturated heterocycles. The molecule has 0 radical (unpaired) electrons. The van der Waals surface area contributed by atoms with Crippen LogP contribution in [0.15, 0.2) is 22.7 Å². The average molecular weight is 395 g/mol. The molecule has 0 unspecified atom stereocenters. The summed E-state index contributed by atoms with van der Waals surface area (Å²) in [6.45, 7) is 14.0. The third-order valence-corrected chi connectivity index (χ3v) is 11.2. The summed E-state index contributed by atoms with van der Waals surface area (Å²) in [6, 6.07) is 2.42. The Bertz CT molecular complexity index is 468. The Balaban J connectivity index is 1.88. The maximum Gasteiger partial charge on any atom is 0.244 e. The van der Waals surface area contributed by atoms with Gasteiger partial charge in [0.15, 0.2) is 0 Å². The Morgan fingerprint density at radius 1 is 0.615 bits per heavy atom. The Labute approximate surface area is 164 Å². The Kier molecular flexibility index (Phi) is 8.08. The topological polar surface area (TPSA) is 18.5 Å². The molecule has 2 saturated carbocycles. The Morgan fingerprint density at radius 3 is 1.23 bits per heavy atom. The molecule has 0 heterocycles. The van der Waals surface area contributed by atoms with Gasteiger partial charge in [0.1, 0.15) is 0 Å². The van der Waals surface area contributed by atoms with Crippen molar-refractivity contribution in [3.05, 3.63) is 22.7 Å². The molecule has 0 aromatic rings. The largest absolute Gasteiger partial charge is 0.547 e. The van der Waals surface area contributed by atoms with Gasteiger partial charge in [-0.15, -0.1) is 0 Å². The molecule has 2 nitrogen and oxygen atoms in total. The molecule has 2 fully saturated rings. The van der Waals surface area contributed by atoms with Gasteiger partial charge in [-0.2, -0.15) is 0 Å². The highest BCUT2D eigenvalue weighted by atomic mass is 28.4. The lowest BCUT2D eigenvalue weighted by atomic mass is 9.94. The van der Waals surface area contributed by atoms with Crippen molar-refractivity contribution >= 4 is 16.6 Å². The molecule has 2 rings (SSSR count). The van der Waals surface area contributed by atoms with Crippen LogP contribution in [0.2, 0.25) is 38.3 Å². The van der Waals surface area contributed by atoms with E-state index >= 15 is 0 Å². The molecule has 26 heavy (non-hydrogen) atoms. The van der Waals surface area contributed by atoms with Crippen LogP contribution >= 0.6 is 0 Å². The maximum absolute atomic E-state index is 6.57. The second-order valence-corrected chi connectivity index (χ2v) is 18.1. The highest BCUT2D eigenvalue weighted by molar-refractivity contribution is 6.76. The number of hydrogen-bond donors (Lipinski definition) is 0. The maximum atomic E-state index is 6.57. The lowest BCUT2D eigenvalue weighted by molar-refractivity contribution is 0.388. The van der Waals surface area contributed by atoms with Crippen molar-refractivity contribution in [2.24, 2.45) is 0 Å². The fourth-order valence-electron chi connectivity index (χ4n) is 4.34. The van der Waals surface area contributed by atoms with Crippen LogP contribution in [0.4, 0.5) is 0 Å². The van der Waals surface area contributed by atoms with Gasteiger partial charge in [0.25, 0.3) is 0 Å². The van der Waals surface area contributed by atoms with Crippen molar-refractivity contribution in [1.29, 1.82) is 0 Å². The van der Waals surface area contributed by atoms with Gasteiger partial charge >= 0.3 is 0 Å². The van der Waals surface area contributed by atoms with Gasteiger partial charge in [0.2, 0.25) is 16.6 Å². The second kappa shape index (κ2) is 9.63. The molecule has 2 aliphatic rings. The first-order chi connectivity index (χ1) is 12.2. The van der Waals surface area contributed by atoms with Gasteiger partial charge in [-0.25, -0.2) is 0 Å². The van der Waals surface area contributed by atoms with Crippen LogP contribution in [0.3, 0.4) is 0 Å². The highest BCUT2D eigenvalue weighted by Gasteiger charge is 2.33. The van der Waals surface area contributed by atoms with Gasteiger partial charge < -0.3 is 8.85 Å². The summed E-state index contributed by atoms with van der Waals surface area (Å²) in [6.07, 6.45) is 13.2. The van der Waals surface area contributed by atoms with Gasteiger partial charge in [0, 0.05) is 0 Å². The zero-order valence-electron chi connectivity index (χ0n) is 18.3. The lowest BCUT2D eigenvalue weighted by Crippen LogP contribution is -2.36. The summed E-state index contributed by atoms with van der Waals surface area (Å²) in [7, 11) is -3.34. The monoisotopic (exact) mass is 394 g/mol. The fraction of sp³-hybridized carbons (Fsp3) is 0.818. The van der Waals surface area contributed by atoms with Crippen molar-refractivity contribution in [3.8, 4) is 0 Å². The first-order valence-corrected chi connectivity index (χ1v) is 17.2. The average Bonchev–Trinajstić information content (AvgIpc) is 2.61. The molecule has 0 amide bonds. The van der Waals surface area contributed by atoms with Crippen LogP contribution < -0.4 is 0 Å². The SMILES string of the molecule is CC(O[Si](C)(C)CC[Si](C)(C)OC(C)=C1CCCCC1)=C1CCCCC1. The predicted molar refractivity (Wildman–Crippen MR) is 118 cm³/mol. The van der Waals surface area contributed by atoms with Crippen LogP contribution in [0.1, 0.15) is 78.1 Å². The molecule has 0 spiro atoms. The quantitative estimate of drug-likeness (QED) is 0.322. The zero-order valence-corrected chi connectivity index (χ0v) is 20.3. The summed E-state index contributed by atoms with van der Waals surface area (Å²) < 4.78 is 13.1. The third kappa shape index (κ3) is 7.26. The van der Waals surface area contributed by atoms with Crippen molar-refractivity contribution in [2.45, 2.75) is 116 Å². The van der Waals surface area contributed by atoms with Crippen molar-refractivity contribution in [3.63, 3.8) is 0 Å². The third-order valence-electron chi connectivity index (χ3n) is 6.10. The summed E-state index contributed by atoms with van der Waals surface area (Å²) in [5.74, 6) is 2.50. The van der Waals surface area contributed by atoms with Crippen LogP contribution in [-0.4, -0.2) is 16.6 Å². The molecule has 0 aromatic carbocycles. The van der Waals surface area contributed by atoms with Crippen molar-refractivity contribution in [2.75, 3.05) is 0 Å². The molecule has 0 aromatic heterocycles. The summed E-state index contributed by atoms with van der Waals surface area (Å²) in [5.41, 5.74) is 3.17. The minimum absolute atomic E-state index is 1.21. The van der Waals surface area contributed by atoms with E-state index in [2.05, 4.69) is 40.0 Å². The lowest BCUT2D eigenvalue weighted by Gasteiger charge is -2.32. The van der Waals surface area contributed by atoms with Gasteiger partial charge in [0.05, 0.1) is 11.5 Å². The van der Waals surface area contributed by atoms with E-state index in [4.69, 9.17) is 8.85 Å². The number of allylic oxidation sites excluding steroid dienone is 4. The van der Waals surface area contributed by atoms with Crippen molar-refractivity contribution in [1.82, 2.24) is 0 Å². The van der Waals surface area contributed by atoms with E-state index in [1.165, 1.54) is 87.8 Å². The van der Waals surface area contributed by atoms with Crippen LogP contribution in [-0.2, 0) is 8.85 Å². The van der Waals surface area contributed by atoms with Crippen LogP contribution in [0.5, 0.6) is 0 Å². The standard InChI is InChI=1S/C22H42O2Si2/c1-19(21-13-9-7-10-14-21)23-25(3,4)17-18-26(5,6)24-20(2)22-15-11-8-12-16-22/h7-18H2,1-6H3. The van der Waals surface area contributed by atoms with E-state index in [1.54, 1.807) is 11.1 Å². The van der Waals surface area contributed by atoms with Gasteiger partial charge in [-0.3, -0.25) is 0 Å². The van der Waals surface area contributed by atoms with Gasteiger partial charge in [-0.05, 0) is 115 Å². The molecule has 0 N–H and O–H groups in total. The van der Waals surface area contributed by atoms with Crippen LogP contribution in [0, 0.1) is 0 Å². The zero-order chi connectivity index (χ0) is 19.2. The predicted octanol–water partition coefficient (Wildman–Crippen LogP) is 7.91. The molecule has 150 valence electrons. The molecule has 0 atom stereocenters. The smallest absolute Gasteiger partial charge is 0.244 e. The summed E-state index contributed by atoms with van der Waals surface area (Å²) in [4.78, 5) is 0. The van der Waals surface area contributed by atoms with E-state index in [-0.39, 0.29) is 0 Å². The van der Waals surface area contributed by atoms with E-state index in [0.29, 0.717) is 0 Å². The van der Waals surface area contributed by atoms with E-state index in [9.17, 15) is 0 Å². The fourth-order valence-corrected chi connectivity index (χ4v) is 11.3. The molecule has 0 aliphatic heterocycles. The van der Waals surface area contributed by atoms with E-state index < -0.39 is 16.6 Å². The highest BCUT2D eigenvalue weighted by Crippen LogP contribution is 2.32. The summed E-state index contributed by atoms with van der Waals surface area (Å²) >= 11 is 0. The summed E-state index contributed by atoms with van der Waals surface area (Å²) in [5, 5.41) is 0. The number of hydrogen-bond acceptors (Lipinski definition) is 2.